The van der Waals surface area contributed by atoms with Gasteiger partial charge in [-0.25, -0.2) is 0 Å². The number of aryl methyl sites for hydroxylation is 1. The van der Waals surface area contributed by atoms with Gasteiger partial charge < -0.3 is 28.8 Å². The average molecular weight is 456 g/mol. The van der Waals surface area contributed by atoms with Gasteiger partial charge in [0.1, 0.15) is 30.5 Å². The number of fused-ring (bicyclic) bond motifs is 1. The number of hydrogen-bond acceptors (Lipinski definition) is 7. The summed E-state index contributed by atoms with van der Waals surface area (Å²) in [5.74, 6) is 2.33. The van der Waals surface area contributed by atoms with Crippen molar-refractivity contribution < 1.29 is 28.8 Å². The van der Waals surface area contributed by atoms with Gasteiger partial charge in [-0.1, -0.05) is 18.6 Å². The molecule has 0 spiro atoms. The lowest BCUT2D eigenvalue weighted by Gasteiger charge is -2.26. The van der Waals surface area contributed by atoms with Crippen molar-refractivity contribution in [3.63, 3.8) is 0 Å². The molecule has 178 valence electrons. The molecule has 2 aliphatic heterocycles. The summed E-state index contributed by atoms with van der Waals surface area (Å²) < 4.78 is 23.1. The van der Waals surface area contributed by atoms with Crippen LogP contribution in [0, 0.1) is 0 Å². The molecule has 2 heterocycles. The van der Waals surface area contributed by atoms with Crippen molar-refractivity contribution >= 4 is 0 Å². The highest BCUT2D eigenvalue weighted by Gasteiger charge is 2.30. The van der Waals surface area contributed by atoms with Gasteiger partial charge in [-0.2, -0.15) is 0 Å². The van der Waals surface area contributed by atoms with Gasteiger partial charge >= 0.3 is 0 Å². The Kier molecular flexibility index (Phi) is 7.62. The summed E-state index contributed by atoms with van der Waals surface area (Å²) in [6.45, 7) is 3.66. The van der Waals surface area contributed by atoms with Gasteiger partial charge in [-0.05, 0) is 62.5 Å². The van der Waals surface area contributed by atoms with Crippen LogP contribution in [0.15, 0.2) is 41.0 Å². The number of nitrogens with zero attached hydrogens (tertiary/aromatic N) is 1. The number of piperidine rings is 1. The largest absolute Gasteiger partial charge is 0.508 e. The van der Waals surface area contributed by atoms with Crippen LogP contribution >= 0.6 is 0 Å². The summed E-state index contributed by atoms with van der Waals surface area (Å²) in [5.41, 5.74) is 2.38. The number of phenols is 1. The van der Waals surface area contributed by atoms with E-state index < -0.39 is 6.10 Å². The number of phenolic OH excluding ortho intramolecular Hbond substituents is 1. The van der Waals surface area contributed by atoms with Crippen LogP contribution in [0.2, 0.25) is 0 Å². The minimum Gasteiger partial charge on any atom is -0.508 e. The van der Waals surface area contributed by atoms with Crippen molar-refractivity contribution in [3.8, 4) is 34.1 Å². The zero-order valence-electron chi connectivity index (χ0n) is 19.4. The van der Waals surface area contributed by atoms with Gasteiger partial charge in [-0.15, -0.1) is 0 Å². The molecule has 1 fully saturated rings. The third-order valence-corrected chi connectivity index (χ3v) is 6.26. The minimum absolute atomic E-state index is 0.211. The highest BCUT2D eigenvalue weighted by molar-refractivity contribution is 5.85. The number of aliphatic hydroxyl groups is 1. The number of aromatic hydroxyl groups is 1. The number of benzene rings is 1. The van der Waals surface area contributed by atoms with Crippen LogP contribution in [-0.4, -0.2) is 55.6 Å². The SMILES string of the molecule is COc1coc(C(O)CCc2cccc(O)c2)c2c(OC)c(OCCN3CCCCC3)cc1-2. The van der Waals surface area contributed by atoms with E-state index in [2.05, 4.69) is 4.90 Å². The van der Waals surface area contributed by atoms with Gasteiger partial charge in [0.15, 0.2) is 17.2 Å². The molecule has 2 N–H and O–H groups in total. The van der Waals surface area contributed by atoms with Crippen LogP contribution < -0.4 is 14.2 Å². The third-order valence-electron chi connectivity index (χ3n) is 6.26. The molecule has 1 aliphatic carbocycles. The number of aliphatic hydroxyl groups excluding tert-OH is 1. The quantitative estimate of drug-likeness (QED) is 0.461. The van der Waals surface area contributed by atoms with Crippen LogP contribution in [0.4, 0.5) is 0 Å². The molecule has 1 unspecified atom stereocenters. The van der Waals surface area contributed by atoms with E-state index in [4.69, 9.17) is 18.6 Å². The van der Waals surface area contributed by atoms with E-state index in [9.17, 15) is 10.2 Å². The molecular weight excluding hydrogens is 422 g/mol. The molecular formula is C26H33NO6. The summed E-state index contributed by atoms with van der Waals surface area (Å²) in [4.78, 5) is 2.42. The van der Waals surface area contributed by atoms with E-state index in [0.29, 0.717) is 48.0 Å². The van der Waals surface area contributed by atoms with Crippen molar-refractivity contribution in [2.75, 3.05) is 40.5 Å². The van der Waals surface area contributed by atoms with Crippen molar-refractivity contribution in [2.24, 2.45) is 0 Å². The van der Waals surface area contributed by atoms with Crippen molar-refractivity contribution in [3.05, 3.63) is 47.9 Å². The molecule has 0 amide bonds. The Balaban J connectivity index is 1.54. The predicted molar refractivity (Wildman–Crippen MR) is 126 cm³/mol. The molecule has 1 aromatic rings. The monoisotopic (exact) mass is 455 g/mol. The van der Waals surface area contributed by atoms with E-state index in [-0.39, 0.29) is 5.75 Å². The van der Waals surface area contributed by atoms with Crippen LogP contribution in [0.25, 0.3) is 11.1 Å². The standard InChI is InChI=1S/C26H33NO6/c1-30-23-17-33-25(21(29)10-9-18-7-6-8-19(28)15-18)24-20(23)16-22(26(24)31-2)32-14-13-27-11-4-3-5-12-27/h6-8,15-17,21,28-29H,3-5,9-14H2,1-2H3. The number of hydrogen-bond donors (Lipinski definition) is 2. The third kappa shape index (κ3) is 5.37. The zero-order valence-corrected chi connectivity index (χ0v) is 19.4. The fraction of sp³-hybridized carbons (Fsp3) is 0.462. The second-order valence-electron chi connectivity index (χ2n) is 8.47. The van der Waals surface area contributed by atoms with Crippen LogP contribution in [0.5, 0.6) is 23.0 Å². The first-order valence-corrected chi connectivity index (χ1v) is 11.6. The smallest absolute Gasteiger partial charge is 0.172 e. The topological polar surface area (TPSA) is 84.5 Å². The maximum atomic E-state index is 11.0. The lowest BCUT2D eigenvalue weighted by Crippen LogP contribution is -2.33. The second-order valence-corrected chi connectivity index (χ2v) is 8.47. The van der Waals surface area contributed by atoms with Gasteiger partial charge in [0, 0.05) is 12.1 Å². The first-order valence-electron chi connectivity index (χ1n) is 11.6. The Morgan fingerprint density at radius 1 is 1.06 bits per heavy atom. The number of ether oxygens (including phenoxy) is 3. The molecule has 1 saturated heterocycles. The molecule has 0 saturated carbocycles. The summed E-state index contributed by atoms with van der Waals surface area (Å²) in [6, 6.07) is 8.93. The van der Waals surface area contributed by atoms with Gasteiger partial charge in [-0.3, -0.25) is 4.90 Å². The fourth-order valence-corrected chi connectivity index (χ4v) is 4.52. The summed E-state index contributed by atoms with van der Waals surface area (Å²) >= 11 is 0. The molecule has 7 heteroatoms. The maximum Gasteiger partial charge on any atom is 0.172 e. The summed E-state index contributed by atoms with van der Waals surface area (Å²) in [7, 11) is 3.17. The molecule has 0 aromatic heterocycles. The fourth-order valence-electron chi connectivity index (χ4n) is 4.52. The minimum atomic E-state index is -0.863. The Morgan fingerprint density at radius 2 is 1.88 bits per heavy atom. The van der Waals surface area contributed by atoms with Gasteiger partial charge in [0.05, 0.1) is 19.8 Å². The first-order chi connectivity index (χ1) is 16.1. The predicted octanol–water partition coefficient (Wildman–Crippen LogP) is 4.64. The molecule has 1 atom stereocenters. The van der Waals surface area contributed by atoms with Gasteiger partial charge in [0.2, 0.25) is 0 Å². The molecule has 3 aliphatic rings. The molecule has 33 heavy (non-hydrogen) atoms. The number of likely N-dealkylation sites (tertiary alicyclic amines) is 1. The first kappa shape index (κ1) is 23.3. The highest BCUT2D eigenvalue weighted by atomic mass is 16.5. The van der Waals surface area contributed by atoms with E-state index in [0.717, 1.165) is 30.8 Å². The lowest BCUT2D eigenvalue weighted by molar-refractivity contribution is 0.138. The Labute approximate surface area is 194 Å². The molecule has 0 bridgehead atoms. The van der Waals surface area contributed by atoms with E-state index in [1.807, 2.05) is 12.1 Å². The summed E-state index contributed by atoms with van der Waals surface area (Å²) in [6.07, 6.45) is 5.44. The van der Waals surface area contributed by atoms with E-state index in [1.54, 1.807) is 32.4 Å². The Morgan fingerprint density at radius 3 is 2.61 bits per heavy atom. The van der Waals surface area contributed by atoms with Crippen molar-refractivity contribution in [1.82, 2.24) is 4.90 Å². The Hall–Kier alpha value is -2.90. The lowest BCUT2D eigenvalue weighted by atomic mass is 10.00. The molecule has 1 aromatic carbocycles. The van der Waals surface area contributed by atoms with Crippen LogP contribution in [0.3, 0.4) is 0 Å². The molecule has 7 nitrogen and oxygen atoms in total. The second kappa shape index (κ2) is 10.8. The van der Waals surface area contributed by atoms with Crippen molar-refractivity contribution in [1.29, 1.82) is 0 Å². The zero-order chi connectivity index (χ0) is 23.2. The number of methoxy groups -OCH3 is 2. The van der Waals surface area contributed by atoms with Gasteiger partial charge in [0.25, 0.3) is 0 Å². The normalized spacial score (nSPS) is 15.5. The van der Waals surface area contributed by atoms with E-state index >= 15 is 0 Å². The summed E-state index contributed by atoms with van der Waals surface area (Å²) in [5, 5.41) is 20.7. The van der Waals surface area contributed by atoms with E-state index in [1.165, 1.54) is 25.5 Å². The molecule has 0 radical (unpaired) electrons. The maximum absolute atomic E-state index is 11.0. The Bertz CT molecular complexity index is 1010. The average Bonchev–Trinajstić information content (AvgIpc) is 3.21. The van der Waals surface area contributed by atoms with Crippen molar-refractivity contribution in [2.45, 2.75) is 38.2 Å². The van der Waals surface area contributed by atoms with Crippen LogP contribution in [0.1, 0.15) is 43.1 Å². The van der Waals surface area contributed by atoms with Crippen LogP contribution in [-0.2, 0) is 6.42 Å². The molecule has 4 rings (SSSR count). The highest BCUT2D eigenvalue weighted by Crippen LogP contribution is 2.51. The number of rotatable bonds is 10.